The Morgan fingerprint density at radius 2 is 1.96 bits per heavy atom. The predicted molar refractivity (Wildman–Crippen MR) is 97.2 cm³/mol. The summed E-state index contributed by atoms with van der Waals surface area (Å²) >= 11 is 0. The Bertz CT molecular complexity index is 695. The fourth-order valence-corrected chi connectivity index (χ4v) is 4.02. The maximum absolute atomic E-state index is 6.12. The van der Waals surface area contributed by atoms with E-state index in [1.54, 1.807) is 25.6 Å². The van der Waals surface area contributed by atoms with Gasteiger partial charge in [-0.15, -0.1) is 0 Å². The molecular formula is C20H25N3O3. The van der Waals surface area contributed by atoms with Crippen molar-refractivity contribution in [2.24, 2.45) is 5.92 Å². The van der Waals surface area contributed by atoms with Gasteiger partial charge in [-0.05, 0) is 36.6 Å². The molecule has 6 nitrogen and oxygen atoms in total. The normalized spacial score (nSPS) is 25.7. The monoisotopic (exact) mass is 355 g/mol. The van der Waals surface area contributed by atoms with Gasteiger partial charge in [-0.2, -0.15) is 0 Å². The number of nitrogens with zero attached hydrogens (tertiary/aromatic N) is 3. The molecule has 0 amide bonds. The second-order valence-corrected chi connectivity index (χ2v) is 6.90. The summed E-state index contributed by atoms with van der Waals surface area (Å²) in [5.41, 5.74) is 1.31. The molecule has 3 atom stereocenters. The first kappa shape index (κ1) is 17.2. The van der Waals surface area contributed by atoms with Crippen molar-refractivity contribution in [1.29, 1.82) is 0 Å². The van der Waals surface area contributed by atoms with E-state index in [1.165, 1.54) is 5.56 Å². The molecule has 2 heterocycles. The van der Waals surface area contributed by atoms with Crippen LogP contribution in [0.4, 0.5) is 0 Å². The second-order valence-electron chi connectivity index (χ2n) is 6.90. The number of hydrogen-bond acceptors (Lipinski definition) is 6. The summed E-state index contributed by atoms with van der Waals surface area (Å²) in [5.74, 6) is 1.29. The summed E-state index contributed by atoms with van der Waals surface area (Å²) in [6.45, 7) is 3.31. The maximum Gasteiger partial charge on any atom is 0.316 e. The molecule has 1 aromatic heterocycles. The highest BCUT2D eigenvalue weighted by atomic mass is 16.5. The van der Waals surface area contributed by atoms with Gasteiger partial charge in [0.1, 0.15) is 5.75 Å². The SMILES string of the molecule is COc1ccc(CN2CCO[C@@H]3[C@H](COc4ncccn4)CC[C@H]32)cc1. The van der Waals surface area contributed by atoms with E-state index in [1.807, 2.05) is 12.1 Å². The molecular weight excluding hydrogens is 330 g/mol. The van der Waals surface area contributed by atoms with Crippen LogP contribution in [0.25, 0.3) is 0 Å². The van der Waals surface area contributed by atoms with Crippen molar-refractivity contribution in [1.82, 2.24) is 14.9 Å². The largest absolute Gasteiger partial charge is 0.497 e. The van der Waals surface area contributed by atoms with E-state index in [0.29, 0.717) is 24.6 Å². The Labute approximate surface area is 154 Å². The van der Waals surface area contributed by atoms with Crippen molar-refractivity contribution in [3.63, 3.8) is 0 Å². The lowest BCUT2D eigenvalue weighted by atomic mass is 10.0. The number of hydrogen-bond donors (Lipinski definition) is 0. The van der Waals surface area contributed by atoms with Crippen molar-refractivity contribution in [2.45, 2.75) is 31.5 Å². The lowest BCUT2D eigenvalue weighted by molar-refractivity contribution is -0.0819. The summed E-state index contributed by atoms with van der Waals surface area (Å²) in [5, 5.41) is 0. The number of ether oxygens (including phenoxy) is 3. The molecule has 1 aliphatic carbocycles. The first-order valence-electron chi connectivity index (χ1n) is 9.22. The summed E-state index contributed by atoms with van der Waals surface area (Å²) in [6, 6.07) is 11.0. The molecule has 0 unspecified atom stereocenters. The molecule has 2 aromatic rings. The van der Waals surface area contributed by atoms with Gasteiger partial charge in [0.25, 0.3) is 0 Å². The zero-order valence-electron chi connectivity index (χ0n) is 15.1. The van der Waals surface area contributed by atoms with Gasteiger partial charge in [0.15, 0.2) is 0 Å². The number of benzene rings is 1. The zero-order chi connectivity index (χ0) is 17.8. The molecule has 0 bridgehead atoms. The third kappa shape index (κ3) is 3.81. The number of fused-ring (bicyclic) bond motifs is 1. The van der Waals surface area contributed by atoms with Gasteiger partial charge in [-0.3, -0.25) is 4.90 Å². The fraction of sp³-hybridized carbons (Fsp3) is 0.500. The van der Waals surface area contributed by atoms with E-state index >= 15 is 0 Å². The third-order valence-electron chi connectivity index (χ3n) is 5.35. The fourth-order valence-electron chi connectivity index (χ4n) is 4.02. The summed E-state index contributed by atoms with van der Waals surface area (Å²) in [6.07, 6.45) is 5.89. The van der Waals surface area contributed by atoms with Gasteiger partial charge >= 0.3 is 6.01 Å². The molecule has 1 saturated heterocycles. The smallest absolute Gasteiger partial charge is 0.316 e. The van der Waals surface area contributed by atoms with Gasteiger partial charge in [0, 0.05) is 37.4 Å². The number of rotatable bonds is 6. The van der Waals surface area contributed by atoms with E-state index in [4.69, 9.17) is 14.2 Å². The topological polar surface area (TPSA) is 56.7 Å². The molecule has 1 saturated carbocycles. The molecule has 1 aromatic carbocycles. The van der Waals surface area contributed by atoms with Crippen LogP contribution in [0.1, 0.15) is 18.4 Å². The van der Waals surface area contributed by atoms with Crippen LogP contribution in [-0.2, 0) is 11.3 Å². The quantitative estimate of drug-likeness (QED) is 0.794. The molecule has 0 N–H and O–H groups in total. The first-order valence-corrected chi connectivity index (χ1v) is 9.22. The van der Waals surface area contributed by atoms with Crippen molar-refractivity contribution < 1.29 is 14.2 Å². The minimum atomic E-state index is 0.228. The van der Waals surface area contributed by atoms with Crippen molar-refractivity contribution in [2.75, 3.05) is 26.9 Å². The lowest BCUT2D eigenvalue weighted by Gasteiger charge is -2.39. The zero-order valence-corrected chi connectivity index (χ0v) is 15.1. The van der Waals surface area contributed by atoms with Gasteiger partial charge in [-0.1, -0.05) is 12.1 Å². The van der Waals surface area contributed by atoms with Crippen LogP contribution >= 0.6 is 0 Å². The second kappa shape index (κ2) is 8.01. The standard InChI is InChI=1S/C20H25N3O3/c1-24-17-6-3-15(4-7-17)13-23-11-12-25-19-16(5-8-18(19)23)14-26-20-21-9-2-10-22-20/h2-4,6-7,9-10,16,18-19H,5,8,11-14H2,1H3/t16-,18+,19+/m0/s1. The van der Waals surface area contributed by atoms with E-state index in [-0.39, 0.29) is 6.10 Å². The van der Waals surface area contributed by atoms with Crippen molar-refractivity contribution in [3.05, 3.63) is 48.3 Å². The summed E-state index contributed by atoms with van der Waals surface area (Å²) in [4.78, 5) is 10.8. The number of methoxy groups -OCH3 is 1. The number of morpholine rings is 1. The van der Waals surface area contributed by atoms with Gasteiger partial charge < -0.3 is 14.2 Å². The van der Waals surface area contributed by atoms with E-state index in [0.717, 1.165) is 38.3 Å². The van der Waals surface area contributed by atoms with Crippen LogP contribution in [0.2, 0.25) is 0 Å². The first-order chi connectivity index (χ1) is 12.8. The highest BCUT2D eigenvalue weighted by Crippen LogP contribution is 2.35. The molecule has 6 heteroatoms. The molecule has 0 spiro atoms. The van der Waals surface area contributed by atoms with E-state index < -0.39 is 0 Å². The summed E-state index contributed by atoms with van der Waals surface area (Å²) in [7, 11) is 1.70. The van der Waals surface area contributed by atoms with E-state index in [2.05, 4.69) is 27.0 Å². The van der Waals surface area contributed by atoms with Gasteiger partial charge in [0.05, 0.1) is 26.4 Å². The van der Waals surface area contributed by atoms with Crippen LogP contribution in [0.5, 0.6) is 11.8 Å². The molecule has 26 heavy (non-hydrogen) atoms. The molecule has 4 rings (SSSR count). The van der Waals surface area contributed by atoms with Gasteiger partial charge in [0.2, 0.25) is 0 Å². The third-order valence-corrected chi connectivity index (χ3v) is 5.35. The maximum atomic E-state index is 6.12. The highest BCUT2D eigenvalue weighted by Gasteiger charge is 2.42. The molecule has 0 radical (unpaired) electrons. The van der Waals surface area contributed by atoms with Gasteiger partial charge in [-0.25, -0.2) is 9.97 Å². The molecule has 2 fully saturated rings. The molecule has 2 aliphatic rings. The van der Waals surface area contributed by atoms with Crippen LogP contribution in [0.15, 0.2) is 42.7 Å². The average molecular weight is 355 g/mol. The Morgan fingerprint density at radius 1 is 1.15 bits per heavy atom. The Morgan fingerprint density at radius 3 is 2.73 bits per heavy atom. The van der Waals surface area contributed by atoms with Crippen LogP contribution < -0.4 is 9.47 Å². The summed E-state index contributed by atoms with van der Waals surface area (Å²) < 4.78 is 17.2. The van der Waals surface area contributed by atoms with Crippen LogP contribution in [0, 0.1) is 5.92 Å². The minimum absolute atomic E-state index is 0.228. The number of aromatic nitrogens is 2. The molecule has 138 valence electrons. The Hall–Kier alpha value is -2.18. The van der Waals surface area contributed by atoms with E-state index in [9.17, 15) is 0 Å². The Kier molecular flexibility index (Phi) is 5.32. The van der Waals surface area contributed by atoms with Crippen molar-refractivity contribution in [3.8, 4) is 11.8 Å². The van der Waals surface area contributed by atoms with Crippen LogP contribution in [-0.4, -0.2) is 53.9 Å². The highest BCUT2D eigenvalue weighted by molar-refractivity contribution is 5.27. The van der Waals surface area contributed by atoms with Crippen LogP contribution in [0.3, 0.4) is 0 Å². The average Bonchev–Trinajstić information content (AvgIpc) is 3.12. The minimum Gasteiger partial charge on any atom is -0.497 e. The lowest BCUT2D eigenvalue weighted by Crippen LogP contribution is -2.50. The Balaban J connectivity index is 1.36. The van der Waals surface area contributed by atoms with Crippen molar-refractivity contribution >= 4 is 0 Å². The predicted octanol–water partition coefficient (Wildman–Crippen LogP) is 2.54. The molecule has 1 aliphatic heterocycles.